The molecule has 0 bridgehead atoms. The first-order valence-corrected chi connectivity index (χ1v) is 7.61. The number of hydrogen-bond donors (Lipinski definition) is 2. The van der Waals surface area contributed by atoms with Crippen molar-refractivity contribution in [2.75, 3.05) is 13.1 Å². The Labute approximate surface area is 127 Å². The molecule has 0 aliphatic heterocycles. The van der Waals surface area contributed by atoms with E-state index in [1.165, 1.54) is 0 Å². The smallest absolute Gasteiger partial charge is 0.244 e. The topological polar surface area (TPSA) is 75.4 Å². The highest BCUT2D eigenvalue weighted by atomic mass is 32.1. The summed E-state index contributed by atoms with van der Waals surface area (Å²) in [6.45, 7) is 10.5. The summed E-state index contributed by atoms with van der Waals surface area (Å²) in [5, 5.41) is 2.76. The average Bonchev–Trinajstić information content (AvgIpc) is 2.41. The lowest BCUT2D eigenvalue weighted by Crippen LogP contribution is -2.54. The van der Waals surface area contributed by atoms with Crippen molar-refractivity contribution in [3.05, 3.63) is 0 Å². The number of carbonyl (C=O) groups excluding carboxylic acids is 2. The molecule has 20 heavy (non-hydrogen) atoms. The lowest BCUT2D eigenvalue weighted by atomic mass is 9.81. The van der Waals surface area contributed by atoms with Crippen LogP contribution in [0.4, 0.5) is 0 Å². The molecule has 0 aliphatic rings. The number of nitrogens with two attached hydrogens (primary N) is 1. The van der Waals surface area contributed by atoms with Crippen molar-refractivity contribution in [1.29, 1.82) is 0 Å². The highest BCUT2D eigenvalue weighted by Crippen LogP contribution is 2.27. The molecule has 0 saturated heterocycles. The van der Waals surface area contributed by atoms with E-state index < -0.39 is 11.5 Å². The van der Waals surface area contributed by atoms with Crippen molar-refractivity contribution >= 4 is 29.0 Å². The monoisotopic (exact) mass is 301 g/mol. The number of nitrogens with zero attached hydrogens (tertiary/aromatic N) is 1. The molecular weight excluding hydrogens is 274 g/mol. The lowest BCUT2D eigenvalue weighted by Gasteiger charge is -2.31. The van der Waals surface area contributed by atoms with Crippen molar-refractivity contribution < 1.29 is 9.59 Å². The van der Waals surface area contributed by atoms with Gasteiger partial charge in [0, 0.05) is 13.1 Å². The van der Waals surface area contributed by atoms with Gasteiger partial charge in [-0.3, -0.25) is 9.59 Å². The third kappa shape index (κ3) is 3.91. The summed E-state index contributed by atoms with van der Waals surface area (Å²) in [6.07, 6.45) is 1.05. The SMILES string of the molecule is CCN(CC)C(=O)C(C)NC(=O)C(CC)(CC)C(N)=S. The van der Waals surface area contributed by atoms with E-state index in [0.29, 0.717) is 25.9 Å². The summed E-state index contributed by atoms with van der Waals surface area (Å²) in [6, 6.07) is -0.575. The molecular formula is C14H27N3O2S. The molecule has 0 fully saturated rings. The molecule has 116 valence electrons. The van der Waals surface area contributed by atoms with Gasteiger partial charge in [0.25, 0.3) is 0 Å². The van der Waals surface area contributed by atoms with Crippen LogP contribution in [0.2, 0.25) is 0 Å². The fourth-order valence-corrected chi connectivity index (χ4v) is 2.62. The molecule has 2 amide bonds. The number of likely N-dealkylation sites (N-methyl/N-ethyl adjacent to an activating group) is 1. The number of carbonyl (C=O) groups is 2. The van der Waals surface area contributed by atoms with E-state index in [-0.39, 0.29) is 16.8 Å². The molecule has 0 saturated carbocycles. The van der Waals surface area contributed by atoms with Crippen molar-refractivity contribution in [2.45, 2.75) is 53.5 Å². The molecule has 0 aromatic heterocycles. The van der Waals surface area contributed by atoms with Gasteiger partial charge in [-0.05, 0) is 33.6 Å². The lowest BCUT2D eigenvalue weighted by molar-refractivity contribution is -0.137. The zero-order valence-electron chi connectivity index (χ0n) is 13.2. The highest BCUT2D eigenvalue weighted by Gasteiger charge is 2.39. The Morgan fingerprint density at radius 2 is 1.65 bits per heavy atom. The fourth-order valence-electron chi connectivity index (χ4n) is 2.24. The van der Waals surface area contributed by atoms with E-state index in [2.05, 4.69) is 5.32 Å². The Hall–Kier alpha value is -1.17. The second kappa shape index (κ2) is 8.19. The van der Waals surface area contributed by atoms with Gasteiger partial charge >= 0.3 is 0 Å². The van der Waals surface area contributed by atoms with E-state index in [1.54, 1.807) is 11.8 Å². The molecule has 6 heteroatoms. The molecule has 1 atom stereocenters. The standard InChI is InChI=1S/C14H27N3O2S/c1-6-14(7-2,12(15)20)13(19)16-10(5)11(18)17(8-3)9-4/h10H,6-9H2,1-5H3,(H2,15,20)(H,16,19). The van der Waals surface area contributed by atoms with E-state index in [4.69, 9.17) is 18.0 Å². The van der Waals surface area contributed by atoms with Gasteiger partial charge in [-0.1, -0.05) is 26.1 Å². The van der Waals surface area contributed by atoms with Gasteiger partial charge in [0.2, 0.25) is 11.8 Å². The normalized spacial score (nSPS) is 12.7. The molecule has 3 N–H and O–H groups in total. The van der Waals surface area contributed by atoms with Crippen LogP contribution in [0.25, 0.3) is 0 Å². The van der Waals surface area contributed by atoms with Gasteiger partial charge in [0.05, 0.1) is 10.4 Å². The van der Waals surface area contributed by atoms with Gasteiger partial charge in [-0.15, -0.1) is 0 Å². The van der Waals surface area contributed by atoms with Crippen molar-refractivity contribution in [3.8, 4) is 0 Å². The molecule has 0 aromatic rings. The zero-order chi connectivity index (χ0) is 15.9. The molecule has 0 aromatic carbocycles. The summed E-state index contributed by atoms with van der Waals surface area (Å²) in [7, 11) is 0. The molecule has 5 nitrogen and oxygen atoms in total. The summed E-state index contributed by atoms with van der Waals surface area (Å²) in [4.78, 5) is 26.5. The van der Waals surface area contributed by atoms with Crippen LogP contribution in [-0.4, -0.2) is 40.8 Å². The van der Waals surface area contributed by atoms with Crippen LogP contribution in [0.1, 0.15) is 47.5 Å². The number of nitrogens with one attached hydrogen (secondary N) is 1. The van der Waals surface area contributed by atoms with Crippen LogP contribution in [0.5, 0.6) is 0 Å². The van der Waals surface area contributed by atoms with Gasteiger partial charge < -0.3 is 16.0 Å². The fraction of sp³-hybridized carbons (Fsp3) is 0.786. The van der Waals surface area contributed by atoms with Crippen molar-refractivity contribution in [1.82, 2.24) is 10.2 Å². The summed E-state index contributed by atoms with van der Waals surface area (Å²) < 4.78 is 0. The van der Waals surface area contributed by atoms with Crippen LogP contribution in [0.3, 0.4) is 0 Å². The molecule has 0 heterocycles. The number of amides is 2. The second-order valence-electron chi connectivity index (χ2n) is 4.86. The molecule has 1 unspecified atom stereocenters. The third-order valence-corrected chi connectivity index (χ3v) is 4.30. The van der Waals surface area contributed by atoms with Gasteiger partial charge in [0.1, 0.15) is 6.04 Å². The predicted molar refractivity (Wildman–Crippen MR) is 85.3 cm³/mol. The van der Waals surface area contributed by atoms with Crippen LogP contribution in [-0.2, 0) is 9.59 Å². The number of thiocarbonyl (C=S) groups is 1. The Morgan fingerprint density at radius 3 is 1.95 bits per heavy atom. The first kappa shape index (κ1) is 18.8. The quantitative estimate of drug-likeness (QED) is 0.665. The Bertz CT molecular complexity index is 363. The van der Waals surface area contributed by atoms with Gasteiger partial charge in [-0.25, -0.2) is 0 Å². The van der Waals surface area contributed by atoms with E-state index >= 15 is 0 Å². The largest absolute Gasteiger partial charge is 0.392 e. The Morgan fingerprint density at radius 1 is 1.20 bits per heavy atom. The molecule has 0 spiro atoms. The predicted octanol–water partition coefficient (Wildman–Crippen LogP) is 1.45. The average molecular weight is 301 g/mol. The maximum atomic E-state index is 12.4. The minimum absolute atomic E-state index is 0.0904. The van der Waals surface area contributed by atoms with Gasteiger partial charge in [0.15, 0.2) is 0 Å². The van der Waals surface area contributed by atoms with Crippen molar-refractivity contribution in [3.63, 3.8) is 0 Å². The van der Waals surface area contributed by atoms with Crippen LogP contribution >= 0.6 is 12.2 Å². The van der Waals surface area contributed by atoms with Crippen LogP contribution < -0.4 is 11.1 Å². The number of rotatable bonds is 8. The van der Waals surface area contributed by atoms with Gasteiger partial charge in [-0.2, -0.15) is 0 Å². The highest BCUT2D eigenvalue weighted by molar-refractivity contribution is 7.80. The summed E-state index contributed by atoms with van der Waals surface area (Å²) in [5.74, 6) is -0.351. The van der Waals surface area contributed by atoms with E-state index in [1.807, 2.05) is 27.7 Å². The molecule has 0 radical (unpaired) electrons. The molecule has 0 rings (SSSR count). The molecule has 0 aliphatic carbocycles. The van der Waals surface area contributed by atoms with Crippen LogP contribution in [0, 0.1) is 5.41 Å². The maximum Gasteiger partial charge on any atom is 0.244 e. The van der Waals surface area contributed by atoms with Crippen molar-refractivity contribution in [2.24, 2.45) is 11.1 Å². The zero-order valence-corrected chi connectivity index (χ0v) is 14.0. The summed E-state index contributed by atoms with van der Waals surface area (Å²) in [5.41, 5.74) is 4.86. The minimum Gasteiger partial charge on any atom is -0.392 e. The van der Waals surface area contributed by atoms with Crippen LogP contribution in [0.15, 0.2) is 0 Å². The number of hydrogen-bond acceptors (Lipinski definition) is 3. The minimum atomic E-state index is -0.868. The van der Waals surface area contributed by atoms with E-state index in [0.717, 1.165) is 0 Å². The van der Waals surface area contributed by atoms with E-state index in [9.17, 15) is 9.59 Å². The first-order chi connectivity index (χ1) is 9.30. The Kier molecular flexibility index (Phi) is 7.71. The maximum absolute atomic E-state index is 12.4. The Balaban J connectivity index is 4.98. The first-order valence-electron chi connectivity index (χ1n) is 7.20. The second-order valence-corrected chi connectivity index (χ2v) is 5.30. The summed E-state index contributed by atoms with van der Waals surface area (Å²) >= 11 is 5.04. The third-order valence-electron chi connectivity index (χ3n) is 3.91.